The molecule has 14 heavy (non-hydrogen) atoms. The number of carbonyl (C=O) groups excluding carboxylic acids is 1. The van der Waals surface area contributed by atoms with Crippen molar-refractivity contribution < 1.29 is 13.2 Å². The third-order valence-corrected chi connectivity index (χ3v) is 5.30. The first kappa shape index (κ1) is 11.4. The molecule has 0 aliphatic heterocycles. The maximum absolute atomic E-state index is 11.7. The van der Waals surface area contributed by atoms with Crippen molar-refractivity contribution >= 4 is 27.5 Å². The van der Waals surface area contributed by atoms with Gasteiger partial charge in [0.25, 0.3) is 0 Å². The lowest BCUT2D eigenvalue weighted by molar-refractivity contribution is 0.112. The summed E-state index contributed by atoms with van der Waals surface area (Å²) in [4.78, 5) is 10.6. The summed E-state index contributed by atoms with van der Waals surface area (Å²) < 4.78 is 23.7. The van der Waals surface area contributed by atoms with Crippen LogP contribution in [0.3, 0.4) is 0 Å². The first-order chi connectivity index (χ1) is 6.47. The third kappa shape index (κ3) is 2.42. The van der Waals surface area contributed by atoms with Crippen molar-refractivity contribution in [2.45, 2.75) is 18.1 Å². The van der Waals surface area contributed by atoms with Crippen LogP contribution in [0, 0.1) is 5.92 Å². The predicted molar refractivity (Wildman–Crippen MR) is 56.6 cm³/mol. The second-order valence-corrected chi connectivity index (χ2v) is 6.60. The van der Waals surface area contributed by atoms with Gasteiger partial charge < -0.3 is 0 Å². The lowest BCUT2D eigenvalue weighted by Gasteiger charge is -2.04. The summed E-state index contributed by atoms with van der Waals surface area (Å²) in [7, 11) is -3.27. The molecule has 0 atom stereocenters. The van der Waals surface area contributed by atoms with Crippen LogP contribution in [0.15, 0.2) is 15.7 Å². The van der Waals surface area contributed by atoms with Crippen LogP contribution >= 0.6 is 11.3 Å². The van der Waals surface area contributed by atoms with Crippen LogP contribution in [0.2, 0.25) is 0 Å². The van der Waals surface area contributed by atoms with E-state index in [1.54, 1.807) is 5.38 Å². The number of carbonyl (C=O) groups is 1. The van der Waals surface area contributed by atoms with Gasteiger partial charge in [0.05, 0.1) is 5.75 Å². The Labute approximate surface area is 87.7 Å². The van der Waals surface area contributed by atoms with Crippen molar-refractivity contribution in [3.05, 3.63) is 17.0 Å². The smallest absolute Gasteiger partial charge is 0.188 e. The summed E-state index contributed by atoms with van der Waals surface area (Å²) in [5.74, 6) is 0.163. The largest absolute Gasteiger partial charge is 0.298 e. The second-order valence-electron chi connectivity index (χ2n) is 3.46. The molecule has 0 spiro atoms. The van der Waals surface area contributed by atoms with E-state index in [1.165, 1.54) is 6.07 Å². The van der Waals surface area contributed by atoms with Gasteiger partial charge in [0.1, 0.15) is 4.21 Å². The van der Waals surface area contributed by atoms with E-state index in [0.29, 0.717) is 6.29 Å². The molecule has 0 saturated carbocycles. The zero-order valence-electron chi connectivity index (χ0n) is 8.06. The molecule has 0 aliphatic carbocycles. The molecule has 5 heteroatoms. The van der Waals surface area contributed by atoms with E-state index in [0.717, 1.165) is 11.3 Å². The zero-order chi connectivity index (χ0) is 10.8. The van der Waals surface area contributed by atoms with Crippen LogP contribution in [0.4, 0.5) is 0 Å². The minimum absolute atomic E-state index is 0.0709. The van der Waals surface area contributed by atoms with Gasteiger partial charge in [-0.1, -0.05) is 13.8 Å². The summed E-state index contributed by atoms with van der Waals surface area (Å²) >= 11 is 1.10. The van der Waals surface area contributed by atoms with Crippen molar-refractivity contribution in [3.8, 4) is 0 Å². The highest BCUT2D eigenvalue weighted by Gasteiger charge is 2.21. The van der Waals surface area contributed by atoms with Crippen LogP contribution in [-0.4, -0.2) is 20.5 Å². The van der Waals surface area contributed by atoms with E-state index in [-0.39, 0.29) is 21.4 Å². The van der Waals surface area contributed by atoms with E-state index >= 15 is 0 Å². The molecule has 78 valence electrons. The Bertz CT molecular complexity index is 415. The fourth-order valence-corrected chi connectivity index (χ4v) is 4.21. The molecule has 0 N–H and O–H groups in total. The van der Waals surface area contributed by atoms with E-state index < -0.39 is 9.84 Å². The molecule has 0 amide bonds. The van der Waals surface area contributed by atoms with E-state index in [1.807, 2.05) is 13.8 Å². The number of thiophene rings is 1. The Morgan fingerprint density at radius 3 is 2.64 bits per heavy atom. The van der Waals surface area contributed by atoms with Crippen LogP contribution < -0.4 is 0 Å². The van der Waals surface area contributed by atoms with Crippen LogP contribution in [-0.2, 0) is 9.84 Å². The van der Waals surface area contributed by atoms with Gasteiger partial charge in [-0.2, -0.15) is 0 Å². The van der Waals surface area contributed by atoms with Crippen molar-refractivity contribution in [1.82, 2.24) is 0 Å². The van der Waals surface area contributed by atoms with Gasteiger partial charge in [0, 0.05) is 5.56 Å². The Balaban J connectivity index is 3.10. The van der Waals surface area contributed by atoms with E-state index in [4.69, 9.17) is 0 Å². The van der Waals surface area contributed by atoms with Crippen molar-refractivity contribution in [1.29, 1.82) is 0 Å². The molecule has 3 nitrogen and oxygen atoms in total. The standard InChI is InChI=1S/C9H12O3S2/c1-7(2)6-14(11,12)9-8(5-10)3-4-13-9/h3-5,7H,6H2,1-2H3. The monoisotopic (exact) mass is 232 g/mol. The van der Waals surface area contributed by atoms with Crippen molar-refractivity contribution in [2.75, 3.05) is 5.75 Å². The highest BCUT2D eigenvalue weighted by atomic mass is 32.2. The zero-order valence-corrected chi connectivity index (χ0v) is 9.69. The summed E-state index contributed by atoms with van der Waals surface area (Å²) in [5.41, 5.74) is 0.274. The highest BCUT2D eigenvalue weighted by Crippen LogP contribution is 2.23. The van der Waals surface area contributed by atoms with Crippen molar-refractivity contribution in [2.24, 2.45) is 5.92 Å². The maximum atomic E-state index is 11.7. The van der Waals surface area contributed by atoms with Crippen LogP contribution in [0.1, 0.15) is 24.2 Å². The minimum atomic E-state index is -3.27. The molecule has 1 rings (SSSR count). The summed E-state index contributed by atoms with van der Waals surface area (Å²) in [6.45, 7) is 3.68. The Morgan fingerprint density at radius 1 is 1.50 bits per heavy atom. The van der Waals surface area contributed by atoms with Gasteiger partial charge in [-0.15, -0.1) is 11.3 Å². The molecule has 0 fully saturated rings. The highest BCUT2D eigenvalue weighted by molar-refractivity contribution is 7.93. The van der Waals surface area contributed by atoms with E-state index in [2.05, 4.69) is 0 Å². The van der Waals surface area contributed by atoms with Crippen LogP contribution in [0.25, 0.3) is 0 Å². The van der Waals surface area contributed by atoms with Gasteiger partial charge >= 0.3 is 0 Å². The summed E-state index contributed by atoms with van der Waals surface area (Å²) in [5, 5.41) is 1.62. The number of hydrogen-bond donors (Lipinski definition) is 0. The average molecular weight is 232 g/mol. The fraction of sp³-hybridized carbons (Fsp3) is 0.444. The molecule has 1 aromatic rings. The van der Waals surface area contributed by atoms with Gasteiger partial charge in [0.2, 0.25) is 0 Å². The van der Waals surface area contributed by atoms with Gasteiger partial charge in [0.15, 0.2) is 16.1 Å². The molecule has 1 heterocycles. The van der Waals surface area contributed by atoms with Gasteiger partial charge in [-0.05, 0) is 17.4 Å². The predicted octanol–water partition coefficient (Wildman–Crippen LogP) is 1.99. The molecule has 0 aromatic carbocycles. The molecule has 0 unspecified atom stereocenters. The molecule has 1 aromatic heterocycles. The van der Waals surface area contributed by atoms with E-state index in [9.17, 15) is 13.2 Å². The third-order valence-electron chi connectivity index (χ3n) is 1.62. The lowest BCUT2D eigenvalue weighted by Crippen LogP contribution is -2.11. The van der Waals surface area contributed by atoms with Gasteiger partial charge in [-0.25, -0.2) is 8.42 Å². The molecular weight excluding hydrogens is 220 g/mol. The second kappa shape index (κ2) is 4.23. The Morgan fingerprint density at radius 2 is 2.14 bits per heavy atom. The average Bonchev–Trinajstić information content (AvgIpc) is 2.48. The first-order valence-electron chi connectivity index (χ1n) is 4.23. The molecule has 0 saturated heterocycles. The quantitative estimate of drug-likeness (QED) is 0.746. The number of sulfone groups is 1. The van der Waals surface area contributed by atoms with Crippen molar-refractivity contribution in [3.63, 3.8) is 0 Å². The molecule has 0 aliphatic rings. The topological polar surface area (TPSA) is 51.2 Å². The Kier molecular flexibility index (Phi) is 3.44. The Hall–Kier alpha value is -0.680. The summed E-state index contributed by atoms with van der Waals surface area (Å²) in [6, 6.07) is 1.53. The molecule has 0 radical (unpaired) electrons. The maximum Gasteiger partial charge on any atom is 0.188 e. The minimum Gasteiger partial charge on any atom is -0.298 e. The normalized spacial score (nSPS) is 11.9. The number of rotatable bonds is 4. The molecule has 0 bridgehead atoms. The van der Waals surface area contributed by atoms with Crippen LogP contribution in [0.5, 0.6) is 0 Å². The number of hydrogen-bond acceptors (Lipinski definition) is 4. The molecular formula is C9H12O3S2. The van der Waals surface area contributed by atoms with Gasteiger partial charge in [-0.3, -0.25) is 4.79 Å². The lowest BCUT2D eigenvalue weighted by atomic mass is 10.3. The first-order valence-corrected chi connectivity index (χ1v) is 6.76. The fourth-order valence-electron chi connectivity index (χ4n) is 1.16. The summed E-state index contributed by atoms with van der Waals surface area (Å²) in [6.07, 6.45) is 0.587. The number of aldehydes is 1. The SMILES string of the molecule is CC(C)CS(=O)(=O)c1sccc1C=O.